The van der Waals surface area contributed by atoms with Crippen molar-refractivity contribution in [1.29, 1.82) is 0 Å². The number of primary amides is 1. The number of hydrogen-bond acceptors (Lipinski definition) is 4. The van der Waals surface area contributed by atoms with E-state index in [1.54, 1.807) is 0 Å². The van der Waals surface area contributed by atoms with Crippen LogP contribution in [0.3, 0.4) is 0 Å². The van der Waals surface area contributed by atoms with Gasteiger partial charge in [-0.15, -0.1) is 0 Å². The Morgan fingerprint density at radius 2 is 1.89 bits per heavy atom. The third-order valence-corrected chi connectivity index (χ3v) is 4.78. The number of carbonyl (C=O) groups excluding carboxylic acids is 2. The smallest absolute Gasteiger partial charge is 0.319 e. The van der Waals surface area contributed by atoms with Crippen LogP contribution in [0, 0.1) is 0 Å². The lowest BCUT2D eigenvalue weighted by Crippen LogP contribution is -2.65. The van der Waals surface area contributed by atoms with Crippen molar-refractivity contribution in [2.24, 2.45) is 5.73 Å². The molecule has 0 unspecified atom stereocenters. The predicted molar refractivity (Wildman–Crippen MR) is 110 cm³/mol. The van der Waals surface area contributed by atoms with Gasteiger partial charge in [0.05, 0.1) is 13.2 Å². The van der Waals surface area contributed by atoms with Crippen molar-refractivity contribution >= 4 is 11.9 Å². The molecule has 0 aromatic heterocycles. The van der Waals surface area contributed by atoms with Gasteiger partial charge in [0.25, 0.3) is 0 Å². The number of nitrogens with two attached hydrogens (primary N) is 1. The van der Waals surface area contributed by atoms with Crippen LogP contribution in [0.25, 0.3) is 0 Å². The second-order valence-electron chi connectivity index (χ2n) is 7.14. The molecule has 1 aliphatic heterocycles. The van der Waals surface area contributed by atoms with Gasteiger partial charge in [-0.1, -0.05) is 56.5 Å². The first-order valence-electron chi connectivity index (χ1n) is 9.99. The number of nitrogens with one attached hydrogen (secondary N) is 3. The van der Waals surface area contributed by atoms with Crippen LogP contribution in [-0.4, -0.2) is 43.8 Å². The Morgan fingerprint density at radius 1 is 1.14 bits per heavy atom. The molecule has 154 valence electrons. The average Bonchev–Trinajstić information content (AvgIpc) is 2.64. The molecule has 1 fully saturated rings. The highest BCUT2D eigenvalue weighted by Crippen LogP contribution is 2.24. The molecule has 7 nitrogen and oxygen atoms in total. The lowest BCUT2D eigenvalue weighted by molar-refractivity contribution is -0.113. The second-order valence-corrected chi connectivity index (χ2v) is 7.14. The van der Waals surface area contributed by atoms with Gasteiger partial charge in [0.15, 0.2) is 0 Å². The van der Waals surface area contributed by atoms with Crippen LogP contribution in [0.15, 0.2) is 42.1 Å². The minimum atomic E-state index is -0.608. The van der Waals surface area contributed by atoms with Crippen molar-refractivity contribution in [2.45, 2.75) is 44.6 Å². The average molecular weight is 389 g/mol. The molecule has 3 amide bonds. The highest BCUT2D eigenvalue weighted by Gasteiger charge is 2.42. The summed E-state index contributed by atoms with van der Waals surface area (Å²) in [6.07, 6.45) is 6.42. The fourth-order valence-electron chi connectivity index (χ4n) is 3.11. The van der Waals surface area contributed by atoms with Crippen LogP contribution >= 0.6 is 0 Å². The summed E-state index contributed by atoms with van der Waals surface area (Å²) in [6.45, 7) is 4.17. The SMILES string of the molecule is CCCCCCNC(=O)N/C(=C\C(N)=O)C1(NCCc2ccccc2)COC1. The molecule has 0 saturated carbocycles. The van der Waals surface area contributed by atoms with Crippen molar-refractivity contribution < 1.29 is 14.3 Å². The van der Waals surface area contributed by atoms with Gasteiger partial charge >= 0.3 is 6.03 Å². The van der Waals surface area contributed by atoms with Gasteiger partial charge < -0.3 is 26.4 Å². The maximum atomic E-state index is 12.3. The number of hydrogen-bond donors (Lipinski definition) is 4. The lowest BCUT2D eigenvalue weighted by atomic mass is 9.91. The minimum Gasteiger partial charge on any atom is -0.377 e. The number of rotatable bonds is 12. The Labute approximate surface area is 167 Å². The van der Waals surface area contributed by atoms with Crippen molar-refractivity contribution in [3.8, 4) is 0 Å². The Bertz CT molecular complexity index is 657. The summed E-state index contributed by atoms with van der Waals surface area (Å²) in [5, 5.41) is 9.07. The quantitative estimate of drug-likeness (QED) is 0.324. The van der Waals surface area contributed by atoms with Crippen LogP contribution in [0.2, 0.25) is 0 Å². The summed E-state index contributed by atoms with van der Waals surface area (Å²) in [7, 11) is 0. The fourth-order valence-corrected chi connectivity index (χ4v) is 3.11. The van der Waals surface area contributed by atoms with Gasteiger partial charge in [-0.2, -0.15) is 0 Å². The molecule has 7 heteroatoms. The fraction of sp³-hybridized carbons (Fsp3) is 0.524. The monoisotopic (exact) mass is 388 g/mol. The van der Waals surface area contributed by atoms with E-state index in [1.807, 2.05) is 18.2 Å². The molecule has 0 bridgehead atoms. The third-order valence-electron chi connectivity index (χ3n) is 4.78. The maximum absolute atomic E-state index is 12.3. The highest BCUT2D eigenvalue weighted by molar-refractivity contribution is 5.88. The Balaban J connectivity index is 1.91. The van der Waals surface area contributed by atoms with Crippen molar-refractivity contribution in [3.63, 3.8) is 0 Å². The zero-order valence-corrected chi connectivity index (χ0v) is 16.6. The summed E-state index contributed by atoms with van der Waals surface area (Å²) < 4.78 is 5.38. The number of urea groups is 1. The number of carbonyl (C=O) groups is 2. The minimum absolute atomic E-state index is 0.333. The van der Waals surface area contributed by atoms with Gasteiger partial charge in [0, 0.05) is 24.9 Å². The molecular formula is C21H32N4O3. The standard InChI is InChI=1S/C21H32N4O3/c1-2-3-4-8-12-23-20(27)25-18(14-19(22)26)21(15-28-16-21)24-13-11-17-9-6-5-7-10-17/h5-7,9-10,14,24H,2-4,8,11-13,15-16H2,1H3,(H2,22,26)(H2,23,25,27)/b18-14-. The van der Waals surface area contributed by atoms with Crippen LogP contribution in [-0.2, 0) is 16.0 Å². The topological polar surface area (TPSA) is 105 Å². The highest BCUT2D eigenvalue weighted by atomic mass is 16.5. The molecule has 2 rings (SSSR count). The lowest BCUT2D eigenvalue weighted by Gasteiger charge is -2.44. The first kappa shape index (κ1) is 21.9. The van der Waals surface area contributed by atoms with Gasteiger partial charge in [0.1, 0.15) is 5.54 Å². The first-order chi connectivity index (χ1) is 13.6. The van der Waals surface area contributed by atoms with Crippen molar-refractivity contribution in [1.82, 2.24) is 16.0 Å². The Morgan fingerprint density at radius 3 is 2.50 bits per heavy atom. The number of amides is 3. The normalized spacial score (nSPS) is 15.5. The number of benzene rings is 1. The largest absolute Gasteiger partial charge is 0.377 e. The summed E-state index contributed by atoms with van der Waals surface area (Å²) in [5.74, 6) is -0.602. The van der Waals surface area contributed by atoms with Crippen molar-refractivity contribution in [3.05, 3.63) is 47.7 Å². The van der Waals surface area contributed by atoms with E-state index in [9.17, 15) is 9.59 Å². The van der Waals surface area contributed by atoms with Gasteiger partial charge in [-0.3, -0.25) is 4.79 Å². The van der Waals surface area contributed by atoms with Crippen LogP contribution in [0.5, 0.6) is 0 Å². The molecule has 0 radical (unpaired) electrons. The van der Waals surface area contributed by atoms with E-state index in [1.165, 1.54) is 11.6 Å². The molecule has 5 N–H and O–H groups in total. The van der Waals surface area contributed by atoms with E-state index in [-0.39, 0.29) is 6.03 Å². The zero-order chi connectivity index (χ0) is 20.2. The van der Waals surface area contributed by atoms with Crippen LogP contribution in [0.4, 0.5) is 4.79 Å². The number of ether oxygens (including phenoxy) is 1. The van der Waals surface area contributed by atoms with Gasteiger partial charge in [-0.05, 0) is 18.4 Å². The number of unbranched alkanes of at least 4 members (excludes halogenated alkanes) is 3. The predicted octanol–water partition coefficient (Wildman–Crippen LogP) is 1.84. The van der Waals surface area contributed by atoms with Crippen LogP contribution < -0.4 is 21.7 Å². The van der Waals surface area contributed by atoms with Gasteiger partial charge in [-0.25, -0.2) is 4.79 Å². The summed E-state index contributed by atoms with van der Waals surface area (Å²) in [5.41, 5.74) is 6.42. The molecule has 28 heavy (non-hydrogen) atoms. The Kier molecular flexibility index (Phi) is 8.97. The summed E-state index contributed by atoms with van der Waals surface area (Å²) >= 11 is 0. The van der Waals surface area contributed by atoms with E-state index < -0.39 is 11.4 Å². The summed E-state index contributed by atoms with van der Waals surface area (Å²) in [4.78, 5) is 23.8. The van der Waals surface area contributed by atoms with Crippen LogP contribution in [0.1, 0.15) is 38.2 Å². The Hall–Kier alpha value is -2.38. The van der Waals surface area contributed by atoms with Gasteiger partial charge in [0.2, 0.25) is 5.91 Å². The molecule has 1 saturated heterocycles. The molecule has 1 aromatic rings. The van der Waals surface area contributed by atoms with Crippen molar-refractivity contribution in [2.75, 3.05) is 26.3 Å². The molecule has 0 atom stereocenters. The summed E-state index contributed by atoms with van der Waals surface area (Å²) in [6, 6.07) is 9.79. The zero-order valence-electron chi connectivity index (χ0n) is 16.6. The second kappa shape index (κ2) is 11.5. The maximum Gasteiger partial charge on any atom is 0.319 e. The molecule has 1 aromatic carbocycles. The third kappa shape index (κ3) is 6.98. The van der Waals surface area contributed by atoms with E-state index >= 15 is 0 Å². The first-order valence-corrected chi connectivity index (χ1v) is 9.99. The molecule has 0 spiro atoms. The molecular weight excluding hydrogens is 356 g/mol. The molecule has 1 heterocycles. The van der Waals surface area contributed by atoms with E-state index in [0.29, 0.717) is 32.0 Å². The molecule has 1 aliphatic rings. The van der Waals surface area contributed by atoms with E-state index in [0.717, 1.165) is 32.1 Å². The van der Waals surface area contributed by atoms with E-state index in [2.05, 4.69) is 35.0 Å². The molecule has 0 aliphatic carbocycles. The van der Waals surface area contributed by atoms with E-state index in [4.69, 9.17) is 10.5 Å².